The van der Waals surface area contributed by atoms with E-state index in [9.17, 15) is 9.18 Å². The second kappa shape index (κ2) is 7.05. The molecule has 2 aromatic heterocycles. The smallest absolute Gasteiger partial charge is 0.311 e. The number of carbonyl (C=O) groups excluding carboxylic acids is 1. The molecule has 2 bridgehead atoms. The molecule has 2 heterocycles. The van der Waals surface area contributed by atoms with Crippen molar-refractivity contribution >= 4 is 34.4 Å². The van der Waals surface area contributed by atoms with Crippen LogP contribution in [0.4, 0.5) is 10.2 Å². The molecule has 8 nitrogen and oxygen atoms in total. The van der Waals surface area contributed by atoms with Gasteiger partial charge in [-0.25, -0.2) is 14.4 Å². The number of ether oxygens (including phenoxy) is 2. The molecule has 10 heteroatoms. The summed E-state index contributed by atoms with van der Waals surface area (Å²) in [6, 6.07) is 3.09. The number of hydrogen-bond donors (Lipinski definition) is 1. The molecule has 1 aromatic carbocycles. The first-order chi connectivity index (χ1) is 14.9. The maximum atomic E-state index is 14.6. The van der Waals surface area contributed by atoms with E-state index in [1.54, 1.807) is 6.07 Å². The van der Waals surface area contributed by atoms with Crippen LogP contribution in [0.3, 0.4) is 0 Å². The minimum Gasteiger partial charge on any atom is -0.494 e. The summed E-state index contributed by atoms with van der Waals surface area (Å²) in [5.41, 5.74) is 0.647. The summed E-state index contributed by atoms with van der Waals surface area (Å²) < 4.78 is 26.4. The monoisotopic (exact) mass is 445 g/mol. The van der Waals surface area contributed by atoms with Crippen molar-refractivity contribution in [1.82, 2.24) is 19.7 Å². The predicted octanol–water partition coefficient (Wildman–Crippen LogP) is 3.58. The molecule has 0 unspecified atom stereocenters. The number of nitrogens with one attached hydrogen (secondary N) is 1. The van der Waals surface area contributed by atoms with E-state index < -0.39 is 5.82 Å². The zero-order chi connectivity index (χ0) is 21.8. The Hall–Kier alpha value is -2.94. The van der Waals surface area contributed by atoms with E-state index in [1.807, 2.05) is 10.9 Å². The number of hydrogen-bond acceptors (Lipinski definition) is 7. The Kier molecular flexibility index (Phi) is 4.55. The summed E-state index contributed by atoms with van der Waals surface area (Å²) in [6.45, 7) is 0.836. The zero-order valence-electron chi connectivity index (χ0n) is 17.1. The fourth-order valence-corrected chi connectivity index (χ4v) is 5.33. The van der Waals surface area contributed by atoms with Crippen LogP contribution in [0.1, 0.15) is 24.8 Å². The number of halogens is 2. The number of rotatable bonds is 7. The van der Waals surface area contributed by atoms with Gasteiger partial charge in [-0.2, -0.15) is 5.10 Å². The van der Waals surface area contributed by atoms with E-state index >= 15 is 0 Å². The third-order valence-corrected chi connectivity index (χ3v) is 6.78. The molecule has 3 aliphatic carbocycles. The first-order valence-corrected chi connectivity index (χ1v) is 10.3. The van der Waals surface area contributed by atoms with Gasteiger partial charge in [0.15, 0.2) is 17.2 Å². The Morgan fingerprint density at radius 1 is 1.29 bits per heavy atom. The number of aromatic nitrogens is 4. The predicted molar refractivity (Wildman–Crippen MR) is 111 cm³/mol. The minimum atomic E-state index is -0.508. The van der Waals surface area contributed by atoms with Gasteiger partial charge in [0.1, 0.15) is 12.1 Å². The molecular weight excluding hydrogens is 425 g/mol. The number of esters is 1. The van der Waals surface area contributed by atoms with E-state index in [2.05, 4.69) is 20.4 Å². The highest BCUT2D eigenvalue weighted by Gasteiger charge is 2.72. The molecule has 3 aromatic rings. The van der Waals surface area contributed by atoms with E-state index in [4.69, 9.17) is 21.1 Å². The zero-order valence-corrected chi connectivity index (χ0v) is 17.9. The van der Waals surface area contributed by atoms with Crippen LogP contribution >= 0.6 is 11.6 Å². The highest BCUT2D eigenvalue weighted by atomic mass is 35.5. The number of anilines is 1. The standard InChI is InChI=1S/C21H21ClFN5O3/c1-30-15-4-3-14(22)12(16(15)23)5-24-17-13-6-28(27-18(13)26-11-25-17)10-20-7-21(8-20,9-20)19(29)31-2/h3-4,6,11H,5,7-10H2,1-2H3,(H,24,25,26,27). The third-order valence-electron chi connectivity index (χ3n) is 6.42. The van der Waals surface area contributed by atoms with Crippen molar-refractivity contribution in [3.8, 4) is 5.75 Å². The molecule has 6 rings (SSSR count). The minimum absolute atomic E-state index is 0.0918. The second-order valence-corrected chi connectivity index (χ2v) is 8.89. The molecule has 0 atom stereocenters. The molecule has 0 amide bonds. The Bertz CT molecular complexity index is 1180. The molecule has 31 heavy (non-hydrogen) atoms. The van der Waals surface area contributed by atoms with Crippen LogP contribution in [-0.4, -0.2) is 39.9 Å². The van der Waals surface area contributed by atoms with Crippen LogP contribution in [-0.2, 0) is 22.6 Å². The topological polar surface area (TPSA) is 91.2 Å². The molecule has 0 aliphatic heterocycles. The van der Waals surface area contributed by atoms with Gasteiger partial charge in [-0.05, 0) is 36.8 Å². The van der Waals surface area contributed by atoms with Crippen molar-refractivity contribution in [3.63, 3.8) is 0 Å². The van der Waals surface area contributed by atoms with E-state index in [1.165, 1.54) is 26.6 Å². The van der Waals surface area contributed by atoms with Crippen molar-refractivity contribution in [2.24, 2.45) is 10.8 Å². The maximum absolute atomic E-state index is 14.6. The van der Waals surface area contributed by atoms with Crippen LogP contribution in [0.5, 0.6) is 5.75 Å². The van der Waals surface area contributed by atoms with Gasteiger partial charge in [-0.1, -0.05) is 11.6 Å². The fourth-order valence-electron chi connectivity index (χ4n) is 5.12. The van der Waals surface area contributed by atoms with Crippen molar-refractivity contribution in [2.75, 3.05) is 19.5 Å². The molecule has 0 radical (unpaired) electrons. The van der Waals surface area contributed by atoms with Crippen molar-refractivity contribution in [1.29, 1.82) is 0 Å². The summed E-state index contributed by atoms with van der Waals surface area (Å²) in [7, 11) is 2.85. The lowest BCUT2D eigenvalue weighted by atomic mass is 9.35. The number of fused-ring (bicyclic) bond motifs is 1. The largest absolute Gasteiger partial charge is 0.494 e. The van der Waals surface area contributed by atoms with Crippen molar-refractivity contribution in [2.45, 2.75) is 32.4 Å². The summed E-state index contributed by atoms with van der Waals surface area (Å²) in [5, 5.41) is 8.73. The van der Waals surface area contributed by atoms with Gasteiger partial charge in [0.05, 0.1) is 25.0 Å². The second-order valence-electron chi connectivity index (χ2n) is 8.48. The highest BCUT2D eigenvalue weighted by Crippen LogP contribution is 2.74. The maximum Gasteiger partial charge on any atom is 0.311 e. The molecule has 0 spiro atoms. The Morgan fingerprint density at radius 3 is 2.77 bits per heavy atom. The molecule has 3 saturated carbocycles. The Morgan fingerprint density at radius 2 is 2.06 bits per heavy atom. The van der Waals surface area contributed by atoms with E-state index in [0.717, 1.165) is 24.6 Å². The third kappa shape index (κ3) is 3.10. The van der Waals surface area contributed by atoms with E-state index in [-0.39, 0.29) is 29.1 Å². The summed E-state index contributed by atoms with van der Waals surface area (Å²) in [6.07, 6.45) is 5.78. The molecule has 3 fully saturated rings. The van der Waals surface area contributed by atoms with Crippen LogP contribution < -0.4 is 10.1 Å². The van der Waals surface area contributed by atoms with Gasteiger partial charge < -0.3 is 14.8 Å². The first-order valence-electron chi connectivity index (χ1n) is 9.90. The average molecular weight is 446 g/mol. The first kappa shape index (κ1) is 20.0. The SMILES string of the molecule is COC(=O)C12CC(Cn3cc4c(NCc5c(Cl)ccc(OC)c5F)ncnc4n3)(C1)C2. The number of benzene rings is 1. The van der Waals surface area contributed by atoms with Crippen LogP contribution in [0.15, 0.2) is 24.7 Å². The summed E-state index contributed by atoms with van der Waals surface area (Å²) in [5.74, 6) is 0.0516. The highest BCUT2D eigenvalue weighted by molar-refractivity contribution is 6.31. The van der Waals surface area contributed by atoms with Crippen LogP contribution in [0.25, 0.3) is 11.0 Å². The van der Waals surface area contributed by atoms with Gasteiger partial charge >= 0.3 is 5.97 Å². The summed E-state index contributed by atoms with van der Waals surface area (Å²) >= 11 is 6.17. The van der Waals surface area contributed by atoms with Crippen molar-refractivity contribution < 1.29 is 18.7 Å². The van der Waals surface area contributed by atoms with Gasteiger partial charge in [0, 0.05) is 29.9 Å². The number of carbonyl (C=O) groups is 1. The van der Waals surface area contributed by atoms with E-state index in [0.29, 0.717) is 28.6 Å². The molecule has 0 saturated heterocycles. The molecule has 1 N–H and O–H groups in total. The van der Waals surface area contributed by atoms with Crippen LogP contribution in [0.2, 0.25) is 5.02 Å². The molecule has 162 valence electrons. The lowest BCUT2D eigenvalue weighted by molar-refractivity contribution is -0.230. The molecule has 3 aliphatic rings. The quantitative estimate of drug-likeness (QED) is 0.556. The fraction of sp³-hybridized carbons (Fsp3) is 0.429. The molecular formula is C21H21ClFN5O3. The van der Waals surface area contributed by atoms with Gasteiger partial charge in [-0.15, -0.1) is 0 Å². The summed E-state index contributed by atoms with van der Waals surface area (Å²) in [4.78, 5) is 20.4. The lowest BCUT2D eigenvalue weighted by Gasteiger charge is -2.68. The van der Waals surface area contributed by atoms with Crippen molar-refractivity contribution in [3.05, 3.63) is 41.1 Å². The average Bonchev–Trinajstić information content (AvgIpc) is 3.12. The Labute approximate surface area is 182 Å². The number of methoxy groups -OCH3 is 2. The normalized spacial score (nSPS) is 23.7. The Balaban J connectivity index is 1.33. The van der Waals surface area contributed by atoms with Gasteiger partial charge in [-0.3, -0.25) is 9.48 Å². The number of nitrogens with zero attached hydrogens (tertiary/aromatic N) is 4. The van der Waals surface area contributed by atoms with Gasteiger partial charge in [0.2, 0.25) is 0 Å². The van der Waals surface area contributed by atoms with Crippen LogP contribution in [0, 0.1) is 16.6 Å². The lowest BCUT2D eigenvalue weighted by Crippen LogP contribution is -2.67. The van der Waals surface area contributed by atoms with Gasteiger partial charge in [0.25, 0.3) is 0 Å².